The highest BCUT2D eigenvalue weighted by atomic mass is 16.5. The van der Waals surface area contributed by atoms with Crippen LogP contribution in [0.2, 0.25) is 0 Å². The van der Waals surface area contributed by atoms with Crippen molar-refractivity contribution in [3.8, 4) is 0 Å². The summed E-state index contributed by atoms with van der Waals surface area (Å²) in [6.07, 6.45) is 7.68. The second-order valence-corrected chi connectivity index (χ2v) is 11.7. The number of imide groups is 1. The van der Waals surface area contributed by atoms with Crippen LogP contribution in [0.25, 0.3) is 0 Å². The van der Waals surface area contributed by atoms with Gasteiger partial charge in [-0.1, -0.05) is 0 Å². The lowest BCUT2D eigenvalue weighted by Gasteiger charge is -2.57. The van der Waals surface area contributed by atoms with Gasteiger partial charge in [0.15, 0.2) is 0 Å². The molecule has 4 bridgehead atoms. The zero-order valence-electron chi connectivity index (χ0n) is 21.0. The number of hydrogen-bond donors (Lipinski definition) is 0. The molecule has 2 heterocycles. The van der Waals surface area contributed by atoms with Crippen LogP contribution in [0.15, 0.2) is 18.2 Å². The molecule has 192 valence electrons. The summed E-state index contributed by atoms with van der Waals surface area (Å²) in [6.45, 7) is 2.86. The number of methoxy groups -OCH3 is 1. The third-order valence-electron chi connectivity index (χ3n) is 9.29. The number of piperazine rings is 1. The van der Waals surface area contributed by atoms with Crippen LogP contribution in [0.3, 0.4) is 0 Å². The van der Waals surface area contributed by atoms with E-state index >= 15 is 0 Å². The van der Waals surface area contributed by atoms with Gasteiger partial charge in [-0.25, -0.2) is 0 Å². The van der Waals surface area contributed by atoms with Gasteiger partial charge in [0, 0.05) is 52.0 Å². The fraction of sp³-hybridized carbons (Fsp3) is 0.643. The number of amides is 4. The van der Waals surface area contributed by atoms with E-state index in [9.17, 15) is 19.2 Å². The quantitative estimate of drug-likeness (QED) is 0.449. The Labute approximate surface area is 211 Å². The van der Waals surface area contributed by atoms with Crippen molar-refractivity contribution < 1.29 is 23.9 Å². The van der Waals surface area contributed by atoms with Crippen LogP contribution >= 0.6 is 0 Å². The summed E-state index contributed by atoms with van der Waals surface area (Å²) >= 11 is 0. The Morgan fingerprint density at radius 2 is 1.47 bits per heavy atom. The minimum Gasteiger partial charge on any atom is -0.385 e. The summed E-state index contributed by atoms with van der Waals surface area (Å²) < 4.78 is 5.03. The van der Waals surface area contributed by atoms with Gasteiger partial charge in [0.05, 0.1) is 16.5 Å². The van der Waals surface area contributed by atoms with E-state index in [0.29, 0.717) is 68.3 Å². The average molecular weight is 494 g/mol. The Balaban J connectivity index is 1.09. The van der Waals surface area contributed by atoms with Crippen LogP contribution in [0.5, 0.6) is 0 Å². The highest BCUT2D eigenvalue weighted by molar-refractivity contribution is 6.22. The number of benzene rings is 1. The van der Waals surface area contributed by atoms with E-state index in [0.717, 1.165) is 37.0 Å². The first-order valence-corrected chi connectivity index (χ1v) is 13.5. The second-order valence-electron chi connectivity index (χ2n) is 11.7. The second kappa shape index (κ2) is 8.98. The van der Waals surface area contributed by atoms with E-state index in [4.69, 9.17) is 4.74 Å². The van der Waals surface area contributed by atoms with Gasteiger partial charge in [0.2, 0.25) is 5.91 Å². The van der Waals surface area contributed by atoms with Crippen molar-refractivity contribution in [1.82, 2.24) is 14.7 Å². The maximum absolute atomic E-state index is 13.7. The van der Waals surface area contributed by atoms with E-state index in [1.165, 1.54) is 24.2 Å². The largest absolute Gasteiger partial charge is 0.385 e. The first-order chi connectivity index (χ1) is 17.4. The van der Waals surface area contributed by atoms with Crippen LogP contribution in [0.1, 0.15) is 76.0 Å². The van der Waals surface area contributed by atoms with Crippen molar-refractivity contribution >= 4 is 23.6 Å². The maximum Gasteiger partial charge on any atom is 0.261 e. The molecule has 0 N–H and O–H groups in total. The molecule has 8 nitrogen and oxygen atoms in total. The lowest BCUT2D eigenvalue weighted by molar-refractivity contribution is -0.159. The van der Waals surface area contributed by atoms with Crippen molar-refractivity contribution in [2.24, 2.45) is 23.2 Å². The third-order valence-corrected chi connectivity index (χ3v) is 9.29. The first-order valence-electron chi connectivity index (χ1n) is 13.5. The minimum atomic E-state index is -0.355. The van der Waals surface area contributed by atoms with Gasteiger partial charge >= 0.3 is 0 Å². The highest BCUT2D eigenvalue weighted by Crippen LogP contribution is 2.60. The molecule has 0 aromatic heterocycles. The van der Waals surface area contributed by atoms with Crippen LogP contribution in [-0.4, -0.2) is 84.8 Å². The minimum absolute atomic E-state index is 0.150. The molecule has 2 aliphatic heterocycles. The van der Waals surface area contributed by atoms with Gasteiger partial charge in [0.1, 0.15) is 0 Å². The number of hydrogen-bond acceptors (Lipinski definition) is 5. The standard InChI is InChI=1S/C28H35N3O5/c1-36-10-2-5-31-25(33)22-4-3-21(14-23(22)26(31)34)24(32)29-6-8-30(9-7-29)27(35)28-15-18-11-19(16-28)13-20(12-18)17-28/h3-4,14,18-20H,2,5-13,15-17H2,1H3. The summed E-state index contributed by atoms with van der Waals surface area (Å²) in [7, 11) is 1.58. The smallest absolute Gasteiger partial charge is 0.261 e. The number of fused-ring (bicyclic) bond motifs is 1. The molecule has 0 atom stereocenters. The summed E-state index contributed by atoms with van der Waals surface area (Å²) in [5, 5.41) is 0. The summed E-state index contributed by atoms with van der Waals surface area (Å²) in [5.74, 6) is 1.69. The molecule has 0 unspecified atom stereocenters. The Hall–Kier alpha value is -2.74. The van der Waals surface area contributed by atoms with Gasteiger partial charge in [-0.3, -0.25) is 24.1 Å². The Kier molecular flexibility index (Phi) is 5.90. The number of carbonyl (C=O) groups is 4. The maximum atomic E-state index is 13.7. The molecule has 8 heteroatoms. The number of rotatable bonds is 6. The zero-order chi connectivity index (χ0) is 25.0. The van der Waals surface area contributed by atoms with Crippen LogP contribution < -0.4 is 0 Å². The van der Waals surface area contributed by atoms with Gasteiger partial charge in [-0.05, 0) is 80.9 Å². The monoisotopic (exact) mass is 493 g/mol. The summed E-state index contributed by atoms with van der Waals surface area (Å²) in [6, 6.07) is 4.78. The molecular weight excluding hydrogens is 458 g/mol. The number of ether oxygens (including phenoxy) is 1. The molecule has 1 aromatic rings. The van der Waals surface area contributed by atoms with E-state index in [-0.39, 0.29) is 23.1 Å². The molecule has 0 spiro atoms. The fourth-order valence-electron chi connectivity index (χ4n) is 8.00. The third kappa shape index (κ3) is 3.85. The predicted molar refractivity (Wildman–Crippen MR) is 131 cm³/mol. The predicted octanol–water partition coefficient (Wildman–Crippen LogP) is 2.82. The molecule has 5 fully saturated rings. The molecule has 4 aliphatic carbocycles. The van der Waals surface area contributed by atoms with Gasteiger partial charge in [-0.15, -0.1) is 0 Å². The normalized spacial score (nSPS) is 30.8. The van der Waals surface area contributed by atoms with Crippen molar-refractivity contribution in [2.75, 3.05) is 46.4 Å². The van der Waals surface area contributed by atoms with E-state index in [1.807, 2.05) is 4.90 Å². The topological polar surface area (TPSA) is 87.2 Å². The molecule has 1 saturated heterocycles. The van der Waals surface area contributed by atoms with Crippen LogP contribution in [0.4, 0.5) is 0 Å². The summed E-state index contributed by atoms with van der Waals surface area (Å²) in [5.41, 5.74) is 0.900. The molecule has 6 aliphatic rings. The van der Waals surface area contributed by atoms with E-state index < -0.39 is 0 Å². The fourth-order valence-corrected chi connectivity index (χ4v) is 8.00. The first kappa shape index (κ1) is 23.6. The SMILES string of the molecule is COCCCN1C(=O)c2ccc(C(=O)N3CCN(C(=O)C45CC6CC(CC(C6)C4)C5)CC3)cc2C1=O. The van der Waals surface area contributed by atoms with E-state index in [2.05, 4.69) is 0 Å². The molecule has 4 saturated carbocycles. The lowest BCUT2D eigenvalue weighted by atomic mass is 9.49. The molecule has 36 heavy (non-hydrogen) atoms. The number of carbonyl (C=O) groups excluding carboxylic acids is 4. The number of nitrogens with zero attached hydrogens (tertiary/aromatic N) is 3. The molecule has 1 aromatic carbocycles. The van der Waals surface area contributed by atoms with Crippen molar-refractivity contribution in [2.45, 2.75) is 44.9 Å². The Morgan fingerprint density at radius 1 is 0.889 bits per heavy atom. The zero-order valence-corrected chi connectivity index (χ0v) is 21.0. The lowest BCUT2D eigenvalue weighted by Crippen LogP contribution is -2.58. The van der Waals surface area contributed by atoms with Gasteiger partial charge in [-0.2, -0.15) is 0 Å². The summed E-state index contributed by atoms with van der Waals surface area (Å²) in [4.78, 5) is 57.4. The molecule has 0 radical (unpaired) electrons. The van der Waals surface area contributed by atoms with E-state index in [1.54, 1.807) is 30.2 Å². The highest BCUT2D eigenvalue weighted by Gasteiger charge is 2.55. The van der Waals surface area contributed by atoms with Crippen molar-refractivity contribution in [3.05, 3.63) is 34.9 Å². The molecule has 7 rings (SSSR count). The molecule has 4 amide bonds. The Bertz CT molecular complexity index is 1070. The van der Waals surface area contributed by atoms with Crippen LogP contribution in [0, 0.1) is 23.2 Å². The Morgan fingerprint density at radius 3 is 2.08 bits per heavy atom. The van der Waals surface area contributed by atoms with Crippen molar-refractivity contribution in [1.29, 1.82) is 0 Å². The van der Waals surface area contributed by atoms with Gasteiger partial charge < -0.3 is 14.5 Å². The van der Waals surface area contributed by atoms with Crippen molar-refractivity contribution in [3.63, 3.8) is 0 Å². The van der Waals surface area contributed by atoms with Gasteiger partial charge in [0.25, 0.3) is 17.7 Å². The molecular formula is C28H35N3O5. The average Bonchev–Trinajstić information content (AvgIpc) is 3.11. The van der Waals surface area contributed by atoms with Crippen LogP contribution in [-0.2, 0) is 9.53 Å².